The maximum atomic E-state index is 13.4. The number of halogens is 1. The molecule has 256 valence electrons. The molecule has 0 atom stereocenters. The quantitative estimate of drug-likeness (QED) is 0.274. The molecule has 6 bridgehead atoms. The summed E-state index contributed by atoms with van der Waals surface area (Å²) in [5.74, 6) is 1.91. The second-order valence-electron chi connectivity index (χ2n) is 13.0. The number of aryl methyl sites for hydroxylation is 4. The first-order valence-corrected chi connectivity index (χ1v) is 18.3. The average molecular weight is 689 g/mol. The SMILES string of the molecule is C=C1CSCC(N)=CC(=NC)CCc2cc3c(c(c2)OCCCn2c(C(=O)OC)c(C)c4c(c(Cl)ccc42)/C1=C(\C)N(C)C)CCCC3. The molecule has 7 nitrogen and oxygen atoms in total. The first-order chi connectivity index (χ1) is 23.0. The second kappa shape index (κ2) is 15.7. The van der Waals surface area contributed by atoms with Gasteiger partial charge in [0.2, 0.25) is 0 Å². The summed E-state index contributed by atoms with van der Waals surface area (Å²) in [6.45, 7) is 9.73. The summed E-state index contributed by atoms with van der Waals surface area (Å²) in [6, 6.07) is 8.52. The van der Waals surface area contributed by atoms with E-state index in [0.717, 1.165) is 81.7 Å². The fourth-order valence-corrected chi connectivity index (χ4v) is 8.06. The van der Waals surface area contributed by atoms with Crippen LogP contribution in [-0.4, -0.2) is 67.5 Å². The number of allylic oxidation sites excluding steroid dienone is 3. The molecule has 1 aliphatic carbocycles. The minimum absolute atomic E-state index is 0.371. The predicted molar refractivity (Wildman–Crippen MR) is 203 cm³/mol. The molecular weight excluding hydrogens is 640 g/mol. The molecule has 2 N–H and O–H groups in total. The van der Waals surface area contributed by atoms with Gasteiger partial charge in [-0.1, -0.05) is 24.2 Å². The van der Waals surface area contributed by atoms with Crippen molar-refractivity contribution in [3.05, 3.63) is 92.4 Å². The number of hydrogen-bond donors (Lipinski definition) is 1. The van der Waals surface area contributed by atoms with Crippen molar-refractivity contribution in [2.75, 3.05) is 46.4 Å². The molecule has 1 aromatic heterocycles. The van der Waals surface area contributed by atoms with Crippen LogP contribution in [0.25, 0.3) is 16.5 Å². The van der Waals surface area contributed by atoms with E-state index in [1.165, 1.54) is 36.6 Å². The molecule has 5 rings (SSSR count). The van der Waals surface area contributed by atoms with E-state index < -0.39 is 0 Å². The first-order valence-electron chi connectivity index (χ1n) is 16.8. The summed E-state index contributed by atoms with van der Waals surface area (Å²) in [5.41, 5.74) is 18.4. The fourth-order valence-electron chi connectivity index (χ4n) is 6.99. The number of nitrogens with zero attached hydrogens (tertiary/aromatic N) is 3. The summed E-state index contributed by atoms with van der Waals surface area (Å²) < 4.78 is 14.0. The number of hydrogen-bond acceptors (Lipinski definition) is 7. The van der Waals surface area contributed by atoms with E-state index in [4.69, 9.17) is 26.8 Å². The van der Waals surface area contributed by atoms with Crippen molar-refractivity contribution in [3.8, 4) is 5.75 Å². The maximum absolute atomic E-state index is 13.4. The molecule has 48 heavy (non-hydrogen) atoms. The lowest BCUT2D eigenvalue weighted by Gasteiger charge is -2.23. The Morgan fingerprint density at radius 1 is 1.12 bits per heavy atom. The van der Waals surface area contributed by atoms with Crippen LogP contribution >= 0.6 is 23.4 Å². The highest BCUT2D eigenvalue weighted by Gasteiger charge is 2.27. The number of rotatable bonds is 2. The molecule has 2 heterocycles. The number of nitrogens with two attached hydrogens (primary N) is 1. The molecule has 1 aliphatic heterocycles. The number of fused-ring (bicyclic) bond motifs is 4. The highest BCUT2D eigenvalue weighted by Crippen LogP contribution is 2.42. The van der Waals surface area contributed by atoms with Crippen molar-refractivity contribution >= 4 is 51.5 Å². The third kappa shape index (κ3) is 7.50. The van der Waals surface area contributed by atoms with Gasteiger partial charge in [-0.2, -0.15) is 11.8 Å². The Balaban J connectivity index is 1.64. The van der Waals surface area contributed by atoms with E-state index in [2.05, 4.69) is 40.1 Å². The third-order valence-electron chi connectivity index (χ3n) is 9.56. The zero-order valence-corrected chi connectivity index (χ0v) is 30.9. The van der Waals surface area contributed by atoms with Crippen LogP contribution in [0, 0.1) is 6.92 Å². The number of aromatic nitrogens is 1. The van der Waals surface area contributed by atoms with Crippen LogP contribution in [0.5, 0.6) is 5.75 Å². The summed E-state index contributed by atoms with van der Waals surface area (Å²) in [5, 5.41) is 1.54. The molecule has 0 spiro atoms. The number of benzene rings is 2. The summed E-state index contributed by atoms with van der Waals surface area (Å²) in [4.78, 5) is 20.0. The summed E-state index contributed by atoms with van der Waals surface area (Å²) in [6.07, 6.45) is 8.89. The lowest BCUT2D eigenvalue weighted by atomic mass is 9.88. The van der Waals surface area contributed by atoms with Crippen molar-refractivity contribution in [2.24, 2.45) is 10.7 Å². The van der Waals surface area contributed by atoms with Gasteiger partial charge in [0.05, 0.1) is 13.7 Å². The molecule has 2 aromatic carbocycles. The first kappa shape index (κ1) is 35.7. The van der Waals surface area contributed by atoms with Crippen LogP contribution in [0.1, 0.15) is 70.9 Å². The van der Waals surface area contributed by atoms with Gasteiger partial charge < -0.3 is 24.7 Å². The van der Waals surface area contributed by atoms with E-state index >= 15 is 0 Å². The minimum Gasteiger partial charge on any atom is -0.493 e. The number of thioether (sulfide) groups is 1. The third-order valence-corrected chi connectivity index (χ3v) is 11.0. The van der Waals surface area contributed by atoms with E-state index in [-0.39, 0.29) is 5.97 Å². The normalized spacial score (nSPS) is 18.5. The summed E-state index contributed by atoms with van der Waals surface area (Å²) >= 11 is 8.80. The Morgan fingerprint density at radius 2 is 1.90 bits per heavy atom. The molecule has 2 aliphatic rings. The second-order valence-corrected chi connectivity index (χ2v) is 14.4. The Hall–Kier alpha value is -3.62. The van der Waals surface area contributed by atoms with Crippen molar-refractivity contribution < 1.29 is 14.3 Å². The number of carbonyl (C=O) groups excluding carboxylic acids is 1. The molecule has 0 unspecified atom stereocenters. The zero-order chi connectivity index (χ0) is 34.5. The standard InChI is InChI=1S/C39H49ClN4O3S/c1-24-22-48-23-29(41)21-30(42-4)14-13-27-19-28-11-8-9-12-31(28)34(20-27)47-18-10-17-44-33-16-15-32(40)37(35(24)26(3)43(5)6)36(33)25(2)38(44)39(45)46-7/h15-16,19-21H,1,8-14,17-18,22-23,41H2,2-7H3/b29-21?,35-26+,42-30?. The molecule has 0 saturated carbocycles. The van der Waals surface area contributed by atoms with Crippen LogP contribution in [-0.2, 0) is 30.5 Å². The van der Waals surface area contributed by atoms with E-state index in [1.807, 2.05) is 46.3 Å². The Bertz CT molecular complexity index is 1820. The molecular formula is C39H49ClN4O3S. The van der Waals surface area contributed by atoms with Gasteiger partial charge in [0.25, 0.3) is 0 Å². The van der Waals surface area contributed by atoms with E-state index in [0.29, 0.717) is 41.8 Å². The van der Waals surface area contributed by atoms with E-state index in [1.54, 1.807) is 11.8 Å². The minimum atomic E-state index is -0.371. The van der Waals surface area contributed by atoms with Crippen molar-refractivity contribution in [3.63, 3.8) is 0 Å². The Kier molecular flexibility index (Phi) is 11.7. The van der Waals surface area contributed by atoms with Crippen LogP contribution < -0.4 is 10.5 Å². The van der Waals surface area contributed by atoms with Gasteiger partial charge in [-0.25, -0.2) is 4.79 Å². The van der Waals surface area contributed by atoms with Gasteiger partial charge in [0, 0.05) is 83.4 Å². The fraction of sp³-hybridized carbons (Fsp3) is 0.436. The van der Waals surface area contributed by atoms with Gasteiger partial charge in [0.15, 0.2) is 0 Å². The average Bonchev–Trinajstić information content (AvgIpc) is 3.35. The van der Waals surface area contributed by atoms with Crippen molar-refractivity contribution in [2.45, 2.75) is 65.3 Å². The molecule has 0 fully saturated rings. The van der Waals surface area contributed by atoms with Crippen molar-refractivity contribution in [1.82, 2.24) is 9.47 Å². The molecule has 3 aromatic rings. The highest BCUT2D eigenvalue weighted by atomic mass is 35.5. The molecule has 9 heteroatoms. The number of ether oxygens (including phenoxy) is 2. The topological polar surface area (TPSA) is 82.1 Å². The largest absolute Gasteiger partial charge is 0.493 e. The van der Waals surface area contributed by atoms with Crippen LogP contribution in [0.15, 0.2) is 58.9 Å². The number of carbonyl (C=O) groups is 1. The van der Waals surface area contributed by atoms with Crippen LogP contribution in [0.3, 0.4) is 0 Å². The van der Waals surface area contributed by atoms with Crippen molar-refractivity contribution in [1.29, 1.82) is 0 Å². The smallest absolute Gasteiger partial charge is 0.354 e. The van der Waals surface area contributed by atoms with Crippen LogP contribution in [0.4, 0.5) is 0 Å². The lowest BCUT2D eigenvalue weighted by molar-refractivity contribution is 0.0587. The molecule has 0 saturated heterocycles. The predicted octanol–water partition coefficient (Wildman–Crippen LogP) is 8.18. The zero-order valence-electron chi connectivity index (χ0n) is 29.3. The number of aliphatic imine (C=N–C) groups is 1. The number of esters is 1. The van der Waals surface area contributed by atoms with Gasteiger partial charge in [-0.15, -0.1) is 0 Å². The monoisotopic (exact) mass is 688 g/mol. The van der Waals surface area contributed by atoms with Gasteiger partial charge in [-0.3, -0.25) is 4.99 Å². The molecule has 0 amide bonds. The van der Waals surface area contributed by atoms with E-state index in [9.17, 15) is 4.79 Å². The van der Waals surface area contributed by atoms with Gasteiger partial charge >= 0.3 is 5.97 Å². The molecule has 0 radical (unpaired) electrons. The van der Waals surface area contributed by atoms with Crippen LogP contribution in [0.2, 0.25) is 5.02 Å². The Morgan fingerprint density at radius 3 is 2.62 bits per heavy atom. The Labute approximate surface area is 294 Å². The summed E-state index contributed by atoms with van der Waals surface area (Å²) in [7, 11) is 7.31. The van der Waals surface area contributed by atoms with Gasteiger partial charge in [0.1, 0.15) is 11.4 Å². The number of methoxy groups -OCH3 is 1. The lowest BCUT2D eigenvalue weighted by Crippen LogP contribution is -2.14. The van der Waals surface area contributed by atoms with Gasteiger partial charge in [-0.05, 0) is 111 Å². The maximum Gasteiger partial charge on any atom is 0.354 e. The highest BCUT2D eigenvalue weighted by molar-refractivity contribution is 7.99.